The van der Waals surface area contributed by atoms with Crippen molar-refractivity contribution in [3.8, 4) is 11.5 Å². The average Bonchev–Trinajstić information content (AvgIpc) is 3.16. The Bertz CT molecular complexity index is 571. The number of nitrogens with zero attached hydrogens (tertiary/aromatic N) is 4. The van der Waals surface area contributed by atoms with E-state index in [4.69, 9.17) is 4.98 Å². The van der Waals surface area contributed by atoms with Crippen LogP contribution in [0.25, 0.3) is 11.5 Å². The maximum Gasteiger partial charge on any atom is 0.180 e. The van der Waals surface area contributed by atoms with E-state index in [2.05, 4.69) is 35.3 Å². The highest BCUT2D eigenvalue weighted by Crippen LogP contribution is 2.40. The fraction of sp³-hybridized carbons (Fsp3) is 0.500. The van der Waals surface area contributed by atoms with E-state index in [9.17, 15) is 0 Å². The van der Waals surface area contributed by atoms with Crippen molar-refractivity contribution in [1.29, 1.82) is 0 Å². The highest BCUT2D eigenvalue weighted by molar-refractivity contribution is 5.54. The van der Waals surface area contributed by atoms with Crippen LogP contribution in [0.2, 0.25) is 0 Å². The van der Waals surface area contributed by atoms with Gasteiger partial charge in [-0.25, -0.2) is 9.97 Å². The van der Waals surface area contributed by atoms with Gasteiger partial charge in [0, 0.05) is 37.0 Å². The van der Waals surface area contributed by atoms with Crippen LogP contribution in [-0.4, -0.2) is 26.3 Å². The van der Waals surface area contributed by atoms with Crippen LogP contribution in [0.15, 0.2) is 18.3 Å². The lowest BCUT2D eigenvalue weighted by Crippen LogP contribution is -2.06. The molecule has 1 fully saturated rings. The summed E-state index contributed by atoms with van der Waals surface area (Å²) in [6.45, 7) is 5.85. The summed E-state index contributed by atoms with van der Waals surface area (Å²) in [7, 11) is 0. The normalized spacial score (nSPS) is 14.6. The molecule has 1 aliphatic rings. The number of hydrogen-bond acceptors (Lipinski definition) is 4. The Morgan fingerprint density at radius 2 is 2.16 bits per heavy atom. The van der Waals surface area contributed by atoms with Gasteiger partial charge < -0.3 is 5.32 Å². The van der Waals surface area contributed by atoms with Crippen molar-refractivity contribution in [1.82, 2.24) is 19.7 Å². The Labute approximate surface area is 113 Å². The second-order valence-corrected chi connectivity index (χ2v) is 4.84. The van der Waals surface area contributed by atoms with Gasteiger partial charge in [-0.3, -0.25) is 4.68 Å². The number of rotatable bonds is 5. The highest BCUT2D eigenvalue weighted by atomic mass is 15.3. The number of hydrogen-bond donors (Lipinski definition) is 1. The van der Waals surface area contributed by atoms with Crippen molar-refractivity contribution in [2.24, 2.45) is 0 Å². The molecule has 2 heterocycles. The molecule has 0 aromatic carbocycles. The topological polar surface area (TPSA) is 55.6 Å². The monoisotopic (exact) mass is 257 g/mol. The van der Waals surface area contributed by atoms with E-state index in [1.54, 1.807) is 6.20 Å². The van der Waals surface area contributed by atoms with Gasteiger partial charge in [-0.2, -0.15) is 5.10 Å². The van der Waals surface area contributed by atoms with E-state index in [-0.39, 0.29) is 0 Å². The molecule has 5 heteroatoms. The first-order chi connectivity index (χ1) is 9.31. The lowest BCUT2D eigenvalue weighted by molar-refractivity contribution is 0.663. The van der Waals surface area contributed by atoms with Crippen LogP contribution in [0.1, 0.15) is 38.3 Å². The van der Waals surface area contributed by atoms with Crippen molar-refractivity contribution in [2.45, 2.75) is 39.2 Å². The molecular weight excluding hydrogens is 238 g/mol. The number of aryl methyl sites for hydroxylation is 1. The molecule has 100 valence electrons. The van der Waals surface area contributed by atoms with E-state index in [1.165, 1.54) is 12.8 Å². The van der Waals surface area contributed by atoms with Crippen molar-refractivity contribution >= 4 is 5.82 Å². The predicted molar refractivity (Wildman–Crippen MR) is 75.1 cm³/mol. The molecule has 0 saturated heterocycles. The molecule has 0 bridgehead atoms. The van der Waals surface area contributed by atoms with Gasteiger partial charge in [0.05, 0.1) is 0 Å². The van der Waals surface area contributed by atoms with Crippen LogP contribution >= 0.6 is 0 Å². The number of aromatic nitrogens is 4. The molecule has 0 amide bonds. The summed E-state index contributed by atoms with van der Waals surface area (Å²) >= 11 is 0. The van der Waals surface area contributed by atoms with Gasteiger partial charge in [-0.1, -0.05) is 0 Å². The SMILES string of the molecule is CCNc1cc(C2CC2)nc(-c2ccnn2CC)n1. The molecule has 0 unspecified atom stereocenters. The minimum Gasteiger partial charge on any atom is -0.370 e. The third kappa shape index (κ3) is 2.45. The first-order valence-corrected chi connectivity index (χ1v) is 6.96. The zero-order valence-electron chi connectivity index (χ0n) is 11.4. The van der Waals surface area contributed by atoms with E-state index >= 15 is 0 Å². The van der Waals surface area contributed by atoms with Gasteiger partial charge >= 0.3 is 0 Å². The lowest BCUT2D eigenvalue weighted by Gasteiger charge is -2.09. The summed E-state index contributed by atoms with van der Waals surface area (Å²) in [5.41, 5.74) is 2.15. The van der Waals surface area contributed by atoms with Gasteiger partial charge in [0.2, 0.25) is 0 Å². The Morgan fingerprint density at radius 1 is 1.32 bits per heavy atom. The van der Waals surface area contributed by atoms with Crippen molar-refractivity contribution < 1.29 is 0 Å². The molecular formula is C14H19N5. The van der Waals surface area contributed by atoms with E-state index in [0.717, 1.165) is 36.1 Å². The molecule has 1 N–H and O–H groups in total. The summed E-state index contributed by atoms with van der Waals surface area (Å²) in [5, 5.41) is 7.58. The summed E-state index contributed by atoms with van der Waals surface area (Å²) < 4.78 is 1.93. The molecule has 0 aliphatic heterocycles. The standard InChI is InChI=1S/C14H19N5/c1-3-15-13-9-11(10-5-6-10)17-14(18-13)12-7-8-16-19(12)4-2/h7-10H,3-6H2,1-2H3,(H,15,17,18). The third-order valence-electron chi connectivity index (χ3n) is 3.34. The Kier molecular flexibility index (Phi) is 3.19. The van der Waals surface area contributed by atoms with Crippen LogP contribution in [0.5, 0.6) is 0 Å². The van der Waals surface area contributed by atoms with E-state index < -0.39 is 0 Å². The molecule has 5 nitrogen and oxygen atoms in total. The smallest absolute Gasteiger partial charge is 0.180 e. The van der Waals surface area contributed by atoms with Crippen molar-refractivity contribution in [3.63, 3.8) is 0 Å². The minimum absolute atomic E-state index is 0.622. The Balaban J connectivity index is 2.04. The molecule has 0 radical (unpaired) electrons. The van der Waals surface area contributed by atoms with Gasteiger partial charge in [0.25, 0.3) is 0 Å². The molecule has 1 aliphatic carbocycles. The van der Waals surface area contributed by atoms with Crippen LogP contribution in [0.3, 0.4) is 0 Å². The van der Waals surface area contributed by atoms with Crippen LogP contribution in [0.4, 0.5) is 5.82 Å². The van der Waals surface area contributed by atoms with Gasteiger partial charge in [0.15, 0.2) is 5.82 Å². The molecule has 2 aromatic heterocycles. The maximum atomic E-state index is 4.72. The average molecular weight is 257 g/mol. The summed E-state index contributed by atoms with van der Waals surface area (Å²) in [5.74, 6) is 2.31. The Hall–Kier alpha value is -1.91. The zero-order chi connectivity index (χ0) is 13.2. The second kappa shape index (κ2) is 4.99. The van der Waals surface area contributed by atoms with E-state index in [0.29, 0.717) is 5.92 Å². The fourth-order valence-corrected chi connectivity index (χ4v) is 2.22. The van der Waals surface area contributed by atoms with Crippen LogP contribution in [-0.2, 0) is 6.54 Å². The Morgan fingerprint density at radius 3 is 2.84 bits per heavy atom. The molecule has 19 heavy (non-hydrogen) atoms. The van der Waals surface area contributed by atoms with Crippen LogP contribution < -0.4 is 5.32 Å². The fourth-order valence-electron chi connectivity index (χ4n) is 2.22. The number of anilines is 1. The summed E-state index contributed by atoms with van der Waals surface area (Å²) in [4.78, 5) is 9.32. The first-order valence-electron chi connectivity index (χ1n) is 6.96. The molecule has 0 atom stereocenters. The van der Waals surface area contributed by atoms with Crippen LogP contribution in [0, 0.1) is 0 Å². The van der Waals surface area contributed by atoms with Crippen molar-refractivity contribution in [3.05, 3.63) is 24.0 Å². The van der Waals surface area contributed by atoms with E-state index in [1.807, 2.05) is 10.7 Å². The van der Waals surface area contributed by atoms with Crippen molar-refractivity contribution in [2.75, 3.05) is 11.9 Å². The molecule has 2 aromatic rings. The van der Waals surface area contributed by atoms with Gasteiger partial charge in [-0.05, 0) is 32.8 Å². The van der Waals surface area contributed by atoms with Gasteiger partial charge in [0.1, 0.15) is 11.5 Å². The predicted octanol–water partition coefficient (Wildman–Crippen LogP) is 2.67. The minimum atomic E-state index is 0.622. The summed E-state index contributed by atoms with van der Waals surface area (Å²) in [6, 6.07) is 4.06. The quantitative estimate of drug-likeness (QED) is 0.894. The molecule has 3 rings (SSSR count). The molecule has 1 saturated carbocycles. The summed E-state index contributed by atoms with van der Waals surface area (Å²) in [6.07, 6.45) is 4.29. The largest absolute Gasteiger partial charge is 0.370 e. The highest BCUT2D eigenvalue weighted by Gasteiger charge is 2.26. The third-order valence-corrected chi connectivity index (χ3v) is 3.34. The molecule has 0 spiro atoms. The first kappa shape index (κ1) is 12.1. The second-order valence-electron chi connectivity index (χ2n) is 4.84. The lowest BCUT2D eigenvalue weighted by atomic mass is 10.2. The van der Waals surface area contributed by atoms with Gasteiger partial charge in [-0.15, -0.1) is 0 Å². The number of nitrogens with one attached hydrogen (secondary N) is 1. The zero-order valence-corrected chi connectivity index (χ0v) is 11.4. The maximum absolute atomic E-state index is 4.72.